The average Bonchev–Trinajstić information content (AvgIpc) is 3.53. The second-order valence-electron chi connectivity index (χ2n) is 9.49. The van der Waals surface area contributed by atoms with Gasteiger partial charge in [0, 0.05) is 12.0 Å². The molecule has 3 aliphatic rings. The van der Waals surface area contributed by atoms with Crippen LogP contribution >= 0.6 is 11.6 Å². The Kier molecular flexibility index (Phi) is 6.67. The second-order valence-corrected chi connectivity index (χ2v) is 9.87. The van der Waals surface area contributed by atoms with Crippen molar-refractivity contribution in [2.24, 2.45) is 0 Å². The van der Waals surface area contributed by atoms with E-state index in [4.69, 9.17) is 21.1 Å². The first-order valence-electron chi connectivity index (χ1n) is 11.8. The van der Waals surface area contributed by atoms with E-state index >= 15 is 0 Å². The Hall–Kier alpha value is -1.67. The SMILES string of the molecule is OCC1OC(c2cc(Cc3ccc(C4CCCC4)cc3)c(Cl)c3c2CCO3)C(O)C(O)C1O. The Balaban J connectivity index is 1.46. The lowest BCUT2D eigenvalue weighted by molar-refractivity contribution is -0.231. The summed E-state index contributed by atoms with van der Waals surface area (Å²) in [6.45, 7) is 0.00689. The summed E-state index contributed by atoms with van der Waals surface area (Å²) < 4.78 is 11.7. The van der Waals surface area contributed by atoms with Gasteiger partial charge in [-0.1, -0.05) is 54.8 Å². The number of aliphatic hydroxyl groups is 4. The smallest absolute Gasteiger partial charge is 0.141 e. The molecule has 178 valence electrons. The number of benzene rings is 2. The molecule has 6 nitrogen and oxygen atoms in total. The van der Waals surface area contributed by atoms with Gasteiger partial charge < -0.3 is 29.9 Å². The molecule has 1 aliphatic carbocycles. The highest BCUT2D eigenvalue weighted by Crippen LogP contribution is 2.44. The number of hydrogen-bond acceptors (Lipinski definition) is 6. The van der Waals surface area contributed by atoms with Crippen LogP contribution in [0.4, 0.5) is 0 Å². The Morgan fingerprint density at radius 1 is 0.970 bits per heavy atom. The zero-order valence-electron chi connectivity index (χ0n) is 18.5. The van der Waals surface area contributed by atoms with Gasteiger partial charge in [-0.2, -0.15) is 0 Å². The first-order valence-corrected chi connectivity index (χ1v) is 12.2. The number of ether oxygens (including phenoxy) is 2. The van der Waals surface area contributed by atoms with E-state index in [1.54, 1.807) is 0 Å². The third-order valence-corrected chi connectivity index (χ3v) is 7.85. The lowest BCUT2D eigenvalue weighted by Crippen LogP contribution is -2.55. The Bertz CT molecular complexity index is 985. The quantitative estimate of drug-likeness (QED) is 0.531. The summed E-state index contributed by atoms with van der Waals surface area (Å²) in [5.41, 5.74) is 4.88. The van der Waals surface area contributed by atoms with Crippen molar-refractivity contribution >= 4 is 11.6 Å². The molecule has 4 N–H and O–H groups in total. The van der Waals surface area contributed by atoms with Crippen molar-refractivity contribution in [1.82, 2.24) is 0 Å². The lowest BCUT2D eigenvalue weighted by atomic mass is 9.87. The molecule has 5 atom stereocenters. The van der Waals surface area contributed by atoms with Gasteiger partial charge in [0.1, 0.15) is 36.3 Å². The van der Waals surface area contributed by atoms with Crippen LogP contribution in [0.2, 0.25) is 5.02 Å². The van der Waals surface area contributed by atoms with Gasteiger partial charge in [0.15, 0.2) is 0 Å². The molecule has 33 heavy (non-hydrogen) atoms. The number of hydrogen-bond donors (Lipinski definition) is 4. The summed E-state index contributed by atoms with van der Waals surface area (Å²) in [5.74, 6) is 1.25. The second kappa shape index (κ2) is 9.53. The molecule has 1 saturated carbocycles. The summed E-state index contributed by atoms with van der Waals surface area (Å²) in [5, 5.41) is 41.3. The van der Waals surface area contributed by atoms with Gasteiger partial charge in [-0.3, -0.25) is 0 Å². The molecule has 0 amide bonds. The third kappa shape index (κ3) is 4.29. The molecule has 0 bridgehead atoms. The number of aliphatic hydroxyl groups excluding tert-OH is 4. The maximum Gasteiger partial charge on any atom is 0.141 e. The summed E-state index contributed by atoms with van der Waals surface area (Å²) in [6.07, 6.45) is 0.288. The first-order chi connectivity index (χ1) is 16.0. The minimum absolute atomic E-state index is 0.464. The van der Waals surface area contributed by atoms with E-state index in [0.29, 0.717) is 41.7 Å². The molecule has 5 unspecified atom stereocenters. The molecule has 2 aliphatic heterocycles. The van der Waals surface area contributed by atoms with Crippen molar-refractivity contribution < 1.29 is 29.9 Å². The molecule has 1 saturated heterocycles. The Morgan fingerprint density at radius 3 is 2.39 bits per heavy atom. The van der Waals surface area contributed by atoms with Crippen LogP contribution in [0.25, 0.3) is 0 Å². The Morgan fingerprint density at radius 2 is 1.70 bits per heavy atom. The number of halogens is 1. The average molecular weight is 475 g/mol. The Labute approximate surface area is 198 Å². The maximum absolute atomic E-state index is 10.7. The topological polar surface area (TPSA) is 99.4 Å². The van der Waals surface area contributed by atoms with Crippen LogP contribution in [-0.2, 0) is 17.6 Å². The summed E-state index contributed by atoms with van der Waals surface area (Å²) in [4.78, 5) is 0. The van der Waals surface area contributed by atoms with E-state index in [-0.39, 0.29) is 0 Å². The normalized spacial score (nSPS) is 29.8. The molecule has 0 radical (unpaired) electrons. The van der Waals surface area contributed by atoms with E-state index in [0.717, 1.165) is 16.7 Å². The molecule has 2 heterocycles. The standard InChI is InChI=1S/C26H31ClO6/c27-21-17(11-14-5-7-16(8-6-14)15-3-1-2-4-15)12-19(18-9-10-32-25(18)21)26-24(31)23(30)22(29)20(13-28)33-26/h5-8,12,15,20,22-24,26,28-31H,1-4,9-11,13H2. The predicted octanol–water partition coefficient (Wildman–Crippen LogP) is 3.04. The molecule has 2 aromatic rings. The van der Waals surface area contributed by atoms with Crippen molar-refractivity contribution in [1.29, 1.82) is 0 Å². The highest BCUT2D eigenvalue weighted by atomic mass is 35.5. The molecular formula is C26H31ClO6. The van der Waals surface area contributed by atoms with Crippen LogP contribution in [0.15, 0.2) is 30.3 Å². The summed E-state index contributed by atoms with van der Waals surface area (Å²) in [7, 11) is 0. The molecule has 2 aromatic carbocycles. The largest absolute Gasteiger partial charge is 0.491 e. The fourth-order valence-electron chi connectivity index (χ4n) is 5.54. The number of rotatable bonds is 5. The van der Waals surface area contributed by atoms with E-state index in [1.165, 1.54) is 31.2 Å². The van der Waals surface area contributed by atoms with Gasteiger partial charge in [0.2, 0.25) is 0 Å². The zero-order valence-corrected chi connectivity index (χ0v) is 19.2. The van der Waals surface area contributed by atoms with Crippen LogP contribution in [0.5, 0.6) is 5.75 Å². The minimum Gasteiger partial charge on any atom is -0.491 e. The highest BCUT2D eigenvalue weighted by molar-refractivity contribution is 6.33. The van der Waals surface area contributed by atoms with Crippen molar-refractivity contribution in [2.75, 3.05) is 13.2 Å². The van der Waals surface area contributed by atoms with E-state index < -0.39 is 37.1 Å². The molecule has 5 rings (SSSR count). The van der Waals surface area contributed by atoms with Gasteiger partial charge in [-0.05, 0) is 47.4 Å². The van der Waals surface area contributed by atoms with Gasteiger partial charge >= 0.3 is 0 Å². The van der Waals surface area contributed by atoms with Gasteiger partial charge in [-0.25, -0.2) is 0 Å². The van der Waals surface area contributed by atoms with Crippen LogP contribution in [-0.4, -0.2) is 58.1 Å². The van der Waals surface area contributed by atoms with Gasteiger partial charge in [0.05, 0.1) is 18.2 Å². The summed E-state index contributed by atoms with van der Waals surface area (Å²) >= 11 is 6.74. The van der Waals surface area contributed by atoms with Gasteiger partial charge in [0.25, 0.3) is 0 Å². The van der Waals surface area contributed by atoms with E-state index in [2.05, 4.69) is 24.3 Å². The lowest BCUT2D eigenvalue weighted by Gasteiger charge is -2.40. The van der Waals surface area contributed by atoms with Crippen molar-refractivity contribution in [3.63, 3.8) is 0 Å². The van der Waals surface area contributed by atoms with Crippen LogP contribution < -0.4 is 4.74 Å². The van der Waals surface area contributed by atoms with E-state index in [1.807, 2.05) is 6.07 Å². The zero-order chi connectivity index (χ0) is 23.1. The highest BCUT2D eigenvalue weighted by Gasteiger charge is 2.45. The fraction of sp³-hybridized carbons (Fsp3) is 0.538. The first kappa shape index (κ1) is 23.1. The van der Waals surface area contributed by atoms with Crippen LogP contribution in [0, 0.1) is 0 Å². The minimum atomic E-state index is -1.43. The molecule has 0 spiro atoms. The molecule has 7 heteroatoms. The number of fused-ring (bicyclic) bond motifs is 1. The predicted molar refractivity (Wildman–Crippen MR) is 124 cm³/mol. The summed E-state index contributed by atoms with van der Waals surface area (Å²) in [6, 6.07) is 10.6. The maximum atomic E-state index is 10.7. The monoisotopic (exact) mass is 474 g/mol. The molecular weight excluding hydrogens is 444 g/mol. The molecule has 0 aromatic heterocycles. The fourth-order valence-corrected chi connectivity index (χ4v) is 5.83. The molecule has 2 fully saturated rings. The van der Waals surface area contributed by atoms with Crippen molar-refractivity contribution in [2.45, 2.75) is 75.0 Å². The van der Waals surface area contributed by atoms with Crippen molar-refractivity contribution in [3.05, 3.63) is 63.2 Å². The van der Waals surface area contributed by atoms with E-state index in [9.17, 15) is 20.4 Å². The van der Waals surface area contributed by atoms with Crippen molar-refractivity contribution in [3.8, 4) is 5.75 Å². The third-order valence-electron chi connectivity index (χ3n) is 7.43. The van der Waals surface area contributed by atoms with Crippen LogP contribution in [0.3, 0.4) is 0 Å². The van der Waals surface area contributed by atoms with Gasteiger partial charge in [-0.15, -0.1) is 0 Å². The van der Waals surface area contributed by atoms with Crippen LogP contribution in [0.1, 0.15) is 65.5 Å².